The van der Waals surface area contributed by atoms with Gasteiger partial charge < -0.3 is 4.90 Å². The third-order valence-corrected chi connectivity index (χ3v) is 4.91. The van der Waals surface area contributed by atoms with Crippen molar-refractivity contribution >= 4 is 22.8 Å². The molecule has 19 heavy (non-hydrogen) atoms. The zero-order valence-corrected chi connectivity index (χ0v) is 11.3. The molecule has 0 radical (unpaired) electrons. The number of nitrogens with zero attached hydrogens (tertiary/aromatic N) is 2. The van der Waals surface area contributed by atoms with Crippen LogP contribution >= 0.6 is 11.3 Å². The quantitative estimate of drug-likeness (QED) is 0.802. The minimum Gasteiger partial charge on any atom is -0.339 e. The van der Waals surface area contributed by atoms with Gasteiger partial charge in [0, 0.05) is 19.0 Å². The molecule has 2 aromatic rings. The maximum atomic E-state index is 11.2. The van der Waals surface area contributed by atoms with Crippen LogP contribution in [0.2, 0.25) is 0 Å². The van der Waals surface area contributed by atoms with Crippen LogP contribution in [0.4, 0.5) is 5.13 Å². The Kier molecular flexibility index (Phi) is 2.45. The number of fused-ring (bicyclic) bond motifs is 1. The molecule has 4 rings (SSSR count). The molecule has 0 spiro atoms. The molecule has 1 aromatic carbocycles. The van der Waals surface area contributed by atoms with Crippen LogP contribution < -0.4 is 4.90 Å². The standard InChI is InChI=1S/C15H14N2OS/c18-9-13-14(10-5-6-10)16-15(19-13)17-7-11-3-1-2-4-12(11)8-17/h1-4,9-10H,5-8H2. The molecule has 4 heteroatoms. The average Bonchev–Trinajstić information content (AvgIpc) is 3.05. The van der Waals surface area contributed by atoms with E-state index in [9.17, 15) is 4.79 Å². The van der Waals surface area contributed by atoms with Gasteiger partial charge in [-0.1, -0.05) is 35.6 Å². The van der Waals surface area contributed by atoms with Crippen LogP contribution in [0.15, 0.2) is 24.3 Å². The minimum atomic E-state index is 0.537. The van der Waals surface area contributed by atoms with Gasteiger partial charge in [0.2, 0.25) is 0 Å². The average molecular weight is 270 g/mol. The van der Waals surface area contributed by atoms with Crippen molar-refractivity contribution in [3.63, 3.8) is 0 Å². The molecule has 2 aliphatic rings. The Morgan fingerprint density at radius 1 is 1.21 bits per heavy atom. The molecule has 1 fully saturated rings. The van der Waals surface area contributed by atoms with E-state index in [-0.39, 0.29) is 0 Å². The van der Waals surface area contributed by atoms with Gasteiger partial charge >= 0.3 is 0 Å². The molecular weight excluding hydrogens is 256 g/mol. The summed E-state index contributed by atoms with van der Waals surface area (Å²) in [6.45, 7) is 1.82. The molecule has 1 aromatic heterocycles. The Balaban J connectivity index is 1.66. The van der Waals surface area contributed by atoms with Crippen molar-refractivity contribution in [1.29, 1.82) is 0 Å². The zero-order valence-electron chi connectivity index (χ0n) is 10.5. The Morgan fingerprint density at radius 3 is 2.47 bits per heavy atom. The molecule has 0 bridgehead atoms. The number of aromatic nitrogens is 1. The number of anilines is 1. The number of carbonyl (C=O) groups excluding carboxylic acids is 1. The highest BCUT2D eigenvalue weighted by molar-refractivity contribution is 7.17. The van der Waals surface area contributed by atoms with Crippen molar-refractivity contribution in [3.8, 4) is 0 Å². The second-order valence-electron chi connectivity index (χ2n) is 5.26. The summed E-state index contributed by atoms with van der Waals surface area (Å²) in [5, 5.41) is 1.00. The number of thiazole rings is 1. The van der Waals surface area contributed by atoms with Gasteiger partial charge in [0.15, 0.2) is 11.4 Å². The monoisotopic (exact) mass is 270 g/mol. The highest BCUT2D eigenvalue weighted by Crippen LogP contribution is 2.44. The van der Waals surface area contributed by atoms with Crippen LogP contribution in [-0.4, -0.2) is 11.3 Å². The molecule has 0 N–H and O–H groups in total. The Bertz CT molecular complexity index is 620. The third-order valence-electron chi connectivity index (χ3n) is 3.85. The van der Waals surface area contributed by atoms with Crippen molar-refractivity contribution in [2.75, 3.05) is 4.90 Å². The second kappa shape index (κ2) is 4.17. The van der Waals surface area contributed by atoms with Gasteiger partial charge in [0.25, 0.3) is 0 Å². The molecule has 2 heterocycles. The summed E-state index contributed by atoms with van der Waals surface area (Å²) in [6, 6.07) is 8.50. The maximum Gasteiger partial charge on any atom is 0.186 e. The van der Waals surface area contributed by atoms with Gasteiger partial charge in [-0.05, 0) is 24.0 Å². The van der Waals surface area contributed by atoms with Crippen molar-refractivity contribution in [3.05, 3.63) is 46.0 Å². The first kappa shape index (κ1) is 11.2. The van der Waals surface area contributed by atoms with E-state index < -0.39 is 0 Å². The Morgan fingerprint density at radius 2 is 1.89 bits per heavy atom. The smallest absolute Gasteiger partial charge is 0.186 e. The number of aldehydes is 1. The fraction of sp³-hybridized carbons (Fsp3) is 0.333. The largest absolute Gasteiger partial charge is 0.339 e. The van der Waals surface area contributed by atoms with E-state index in [4.69, 9.17) is 4.98 Å². The summed E-state index contributed by atoms with van der Waals surface area (Å²) in [7, 11) is 0. The second-order valence-corrected chi connectivity index (χ2v) is 6.27. The first-order chi connectivity index (χ1) is 9.35. The fourth-order valence-electron chi connectivity index (χ4n) is 2.67. The molecule has 0 unspecified atom stereocenters. The first-order valence-electron chi connectivity index (χ1n) is 6.63. The van der Waals surface area contributed by atoms with E-state index >= 15 is 0 Å². The Hall–Kier alpha value is -1.68. The topological polar surface area (TPSA) is 33.2 Å². The van der Waals surface area contributed by atoms with E-state index in [1.54, 1.807) is 11.3 Å². The van der Waals surface area contributed by atoms with Gasteiger partial charge in [-0.25, -0.2) is 4.98 Å². The lowest BCUT2D eigenvalue weighted by Crippen LogP contribution is -2.14. The van der Waals surface area contributed by atoms with Gasteiger partial charge in [0.05, 0.1) is 10.6 Å². The summed E-state index contributed by atoms with van der Waals surface area (Å²) >= 11 is 1.54. The number of hydrogen-bond donors (Lipinski definition) is 0. The molecule has 0 amide bonds. The van der Waals surface area contributed by atoms with Gasteiger partial charge in [-0.2, -0.15) is 0 Å². The normalized spacial score (nSPS) is 17.6. The molecule has 96 valence electrons. The summed E-state index contributed by atoms with van der Waals surface area (Å²) < 4.78 is 0. The van der Waals surface area contributed by atoms with E-state index in [0.29, 0.717) is 5.92 Å². The lowest BCUT2D eigenvalue weighted by atomic mass is 10.1. The van der Waals surface area contributed by atoms with Crippen LogP contribution in [-0.2, 0) is 13.1 Å². The number of rotatable bonds is 3. The first-order valence-corrected chi connectivity index (χ1v) is 7.44. The lowest BCUT2D eigenvalue weighted by Gasteiger charge is -2.12. The van der Waals surface area contributed by atoms with E-state index in [2.05, 4.69) is 29.2 Å². The summed E-state index contributed by atoms with van der Waals surface area (Å²) in [5.41, 5.74) is 3.78. The molecule has 1 saturated carbocycles. The molecule has 1 aliphatic heterocycles. The molecule has 0 atom stereocenters. The van der Waals surface area contributed by atoms with E-state index in [1.807, 2.05) is 0 Å². The summed E-state index contributed by atoms with van der Waals surface area (Å²) in [4.78, 5) is 19.0. The maximum absolute atomic E-state index is 11.2. The molecular formula is C15H14N2OS. The van der Waals surface area contributed by atoms with Crippen LogP contribution in [0.25, 0.3) is 0 Å². The van der Waals surface area contributed by atoms with E-state index in [1.165, 1.54) is 24.0 Å². The summed E-state index contributed by atoms with van der Waals surface area (Å²) in [5.74, 6) is 0.537. The molecule has 3 nitrogen and oxygen atoms in total. The zero-order chi connectivity index (χ0) is 12.8. The minimum absolute atomic E-state index is 0.537. The predicted octanol–water partition coefficient (Wildman–Crippen LogP) is 3.35. The van der Waals surface area contributed by atoms with Crippen molar-refractivity contribution < 1.29 is 4.79 Å². The predicted molar refractivity (Wildman–Crippen MR) is 75.8 cm³/mol. The SMILES string of the molecule is O=Cc1sc(N2Cc3ccccc3C2)nc1C1CC1. The molecule has 0 saturated heterocycles. The van der Waals surface area contributed by atoms with Crippen molar-refractivity contribution in [2.45, 2.75) is 31.8 Å². The van der Waals surface area contributed by atoms with Crippen LogP contribution in [0, 0.1) is 0 Å². The van der Waals surface area contributed by atoms with Crippen LogP contribution in [0.5, 0.6) is 0 Å². The highest BCUT2D eigenvalue weighted by Gasteiger charge is 2.31. The Labute approximate surface area is 115 Å². The number of hydrogen-bond acceptors (Lipinski definition) is 4. The van der Waals surface area contributed by atoms with Crippen molar-refractivity contribution in [2.24, 2.45) is 0 Å². The van der Waals surface area contributed by atoms with E-state index in [0.717, 1.165) is 35.1 Å². The molecule has 1 aliphatic carbocycles. The van der Waals surface area contributed by atoms with Crippen molar-refractivity contribution in [1.82, 2.24) is 4.98 Å². The highest BCUT2D eigenvalue weighted by atomic mass is 32.1. The third kappa shape index (κ3) is 1.87. The number of benzene rings is 1. The lowest BCUT2D eigenvalue weighted by molar-refractivity contribution is 0.112. The van der Waals surface area contributed by atoms with Gasteiger partial charge in [-0.15, -0.1) is 0 Å². The number of carbonyl (C=O) groups is 1. The van der Waals surface area contributed by atoms with Crippen LogP contribution in [0.1, 0.15) is 45.3 Å². The fourth-order valence-corrected chi connectivity index (χ4v) is 3.63. The summed E-state index contributed by atoms with van der Waals surface area (Å²) in [6.07, 6.45) is 3.34. The van der Waals surface area contributed by atoms with Gasteiger partial charge in [-0.3, -0.25) is 4.79 Å². The van der Waals surface area contributed by atoms with Gasteiger partial charge in [0.1, 0.15) is 0 Å². The van der Waals surface area contributed by atoms with Crippen LogP contribution in [0.3, 0.4) is 0 Å².